The molecule has 2 aromatic carbocycles. The van der Waals surface area contributed by atoms with E-state index in [1.165, 1.54) is 29.2 Å². The summed E-state index contributed by atoms with van der Waals surface area (Å²) in [7, 11) is 0. The van der Waals surface area contributed by atoms with Gasteiger partial charge < -0.3 is 14.7 Å². The molecule has 27 heavy (non-hydrogen) atoms. The van der Waals surface area contributed by atoms with Crippen molar-refractivity contribution in [2.45, 2.75) is 31.4 Å². The second kappa shape index (κ2) is 8.31. The van der Waals surface area contributed by atoms with Crippen LogP contribution >= 0.6 is 0 Å². The van der Waals surface area contributed by atoms with Gasteiger partial charge in [-0.2, -0.15) is 0 Å². The molecule has 0 bridgehead atoms. The number of rotatable bonds is 7. The Morgan fingerprint density at radius 1 is 1.07 bits per heavy atom. The second-order valence-corrected chi connectivity index (χ2v) is 6.77. The van der Waals surface area contributed by atoms with Gasteiger partial charge in [-0.05, 0) is 36.1 Å². The summed E-state index contributed by atoms with van der Waals surface area (Å²) in [6.45, 7) is 0.600. The van der Waals surface area contributed by atoms with Crippen molar-refractivity contribution in [3.63, 3.8) is 0 Å². The molecule has 1 N–H and O–H groups in total. The fraction of sp³-hybridized carbons (Fsp3) is 0.333. The predicted molar refractivity (Wildman–Crippen MR) is 97.5 cm³/mol. The molecule has 0 aromatic heterocycles. The molecular formula is C21H22FNO4. The van der Waals surface area contributed by atoms with Crippen LogP contribution in [0, 0.1) is 5.82 Å². The zero-order chi connectivity index (χ0) is 19.3. The summed E-state index contributed by atoms with van der Waals surface area (Å²) in [6.07, 6.45) is 0.996. The third-order valence-electron chi connectivity index (χ3n) is 4.91. The Morgan fingerprint density at radius 2 is 1.78 bits per heavy atom. The molecule has 2 aromatic rings. The monoisotopic (exact) mass is 371 g/mol. The normalized spacial score (nSPS) is 19.2. The predicted octanol–water partition coefficient (Wildman–Crippen LogP) is 3.03. The van der Waals surface area contributed by atoms with Crippen LogP contribution in [0.15, 0.2) is 54.6 Å². The Morgan fingerprint density at radius 3 is 2.44 bits per heavy atom. The van der Waals surface area contributed by atoms with Crippen molar-refractivity contribution in [1.82, 2.24) is 4.90 Å². The number of carboxylic acids is 1. The van der Waals surface area contributed by atoms with Gasteiger partial charge in [0.25, 0.3) is 0 Å². The molecule has 1 unspecified atom stereocenters. The minimum Gasteiger partial charge on any atom is -0.479 e. The lowest BCUT2D eigenvalue weighted by Gasteiger charge is -2.34. The molecule has 6 heteroatoms. The van der Waals surface area contributed by atoms with Crippen LogP contribution in [-0.2, 0) is 27.4 Å². The molecule has 5 nitrogen and oxygen atoms in total. The van der Waals surface area contributed by atoms with Crippen LogP contribution in [0.25, 0.3) is 0 Å². The molecule has 1 heterocycles. The summed E-state index contributed by atoms with van der Waals surface area (Å²) >= 11 is 0. The van der Waals surface area contributed by atoms with Crippen molar-refractivity contribution >= 4 is 11.9 Å². The van der Waals surface area contributed by atoms with E-state index in [-0.39, 0.29) is 31.4 Å². The topological polar surface area (TPSA) is 66.8 Å². The SMILES string of the molecule is O=C(Cc1ccc(F)cc1)N1CCCC1(COCc1ccccc1)C(=O)O. The number of carbonyl (C=O) groups is 2. The molecule has 1 aliphatic heterocycles. The van der Waals surface area contributed by atoms with Crippen LogP contribution < -0.4 is 0 Å². The van der Waals surface area contributed by atoms with Gasteiger partial charge in [-0.3, -0.25) is 4.79 Å². The van der Waals surface area contributed by atoms with E-state index in [1.54, 1.807) is 0 Å². The van der Waals surface area contributed by atoms with Crippen LogP contribution in [0.3, 0.4) is 0 Å². The molecule has 1 fully saturated rings. The first-order chi connectivity index (χ1) is 13.0. The highest BCUT2D eigenvalue weighted by atomic mass is 19.1. The summed E-state index contributed by atoms with van der Waals surface area (Å²) < 4.78 is 18.7. The van der Waals surface area contributed by atoms with E-state index in [4.69, 9.17) is 4.74 Å². The van der Waals surface area contributed by atoms with Crippen molar-refractivity contribution < 1.29 is 23.8 Å². The lowest BCUT2D eigenvalue weighted by Crippen LogP contribution is -2.56. The van der Waals surface area contributed by atoms with Gasteiger partial charge in [-0.25, -0.2) is 9.18 Å². The van der Waals surface area contributed by atoms with E-state index in [0.29, 0.717) is 24.9 Å². The van der Waals surface area contributed by atoms with Gasteiger partial charge in [-0.15, -0.1) is 0 Å². The van der Waals surface area contributed by atoms with Crippen LogP contribution in [0.1, 0.15) is 24.0 Å². The summed E-state index contributed by atoms with van der Waals surface area (Å²) in [5.41, 5.74) is 0.240. The highest BCUT2D eigenvalue weighted by Crippen LogP contribution is 2.31. The van der Waals surface area contributed by atoms with Gasteiger partial charge in [-0.1, -0.05) is 42.5 Å². The number of hydrogen-bond acceptors (Lipinski definition) is 3. The lowest BCUT2D eigenvalue weighted by atomic mass is 9.96. The van der Waals surface area contributed by atoms with E-state index in [9.17, 15) is 19.1 Å². The summed E-state index contributed by atoms with van der Waals surface area (Å²) in [4.78, 5) is 26.2. The van der Waals surface area contributed by atoms with E-state index >= 15 is 0 Å². The molecule has 142 valence electrons. The maximum Gasteiger partial charge on any atom is 0.332 e. The minimum atomic E-state index is -1.36. The summed E-state index contributed by atoms with van der Waals surface area (Å²) in [5, 5.41) is 9.86. The zero-order valence-corrected chi connectivity index (χ0v) is 14.9. The van der Waals surface area contributed by atoms with Gasteiger partial charge in [0, 0.05) is 6.54 Å². The number of hydrogen-bond donors (Lipinski definition) is 1. The molecule has 0 saturated carbocycles. The van der Waals surface area contributed by atoms with E-state index in [2.05, 4.69) is 0 Å². The summed E-state index contributed by atoms with van der Waals surface area (Å²) in [5.74, 6) is -1.72. The van der Waals surface area contributed by atoms with Crippen molar-refractivity contribution in [3.05, 3.63) is 71.5 Å². The molecule has 1 saturated heterocycles. The van der Waals surface area contributed by atoms with Crippen molar-refractivity contribution in [2.75, 3.05) is 13.2 Å². The molecule has 1 aliphatic rings. The highest BCUT2D eigenvalue weighted by Gasteiger charge is 2.50. The van der Waals surface area contributed by atoms with Crippen LogP contribution in [0.4, 0.5) is 4.39 Å². The Hall–Kier alpha value is -2.73. The number of likely N-dealkylation sites (tertiary alicyclic amines) is 1. The molecule has 3 rings (SSSR count). The first-order valence-electron chi connectivity index (χ1n) is 8.91. The standard InChI is InChI=1S/C21H22FNO4/c22-18-9-7-16(8-10-18)13-19(24)23-12-4-11-21(23,20(25)26)15-27-14-17-5-2-1-3-6-17/h1-3,5-10H,4,11-15H2,(H,25,26). The second-order valence-electron chi connectivity index (χ2n) is 6.77. The van der Waals surface area contributed by atoms with Crippen molar-refractivity contribution in [2.24, 2.45) is 0 Å². The third kappa shape index (κ3) is 4.34. The highest BCUT2D eigenvalue weighted by molar-refractivity contribution is 5.89. The number of carboxylic acid groups (broad SMARTS) is 1. The largest absolute Gasteiger partial charge is 0.479 e. The Kier molecular flexibility index (Phi) is 5.86. The van der Waals surface area contributed by atoms with Gasteiger partial charge in [0.1, 0.15) is 5.82 Å². The smallest absolute Gasteiger partial charge is 0.332 e. The van der Waals surface area contributed by atoms with Crippen molar-refractivity contribution in [3.8, 4) is 0 Å². The van der Waals surface area contributed by atoms with Crippen molar-refractivity contribution in [1.29, 1.82) is 0 Å². The molecule has 0 spiro atoms. The maximum atomic E-state index is 13.0. The average molecular weight is 371 g/mol. The number of halogens is 1. The molecular weight excluding hydrogens is 349 g/mol. The first-order valence-corrected chi connectivity index (χ1v) is 8.91. The van der Waals surface area contributed by atoms with Gasteiger partial charge in [0.15, 0.2) is 5.54 Å². The zero-order valence-electron chi connectivity index (χ0n) is 14.9. The fourth-order valence-corrected chi connectivity index (χ4v) is 3.46. The Bertz CT molecular complexity index is 794. The molecule has 1 amide bonds. The van der Waals surface area contributed by atoms with Crippen LogP contribution in [0.2, 0.25) is 0 Å². The molecule has 0 aliphatic carbocycles. The van der Waals surface area contributed by atoms with Crippen LogP contribution in [-0.4, -0.2) is 40.6 Å². The van der Waals surface area contributed by atoms with E-state index in [0.717, 1.165) is 5.56 Å². The van der Waals surface area contributed by atoms with E-state index in [1.807, 2.05) is 30.3 Å². The minimum absolute atomic E-state index is 0.0357. The van der Waals surface area contributed by atoms with Gasteiger partial charge >= 0.3 is 5.97 Å². The third-order valence-corrected chi connectivity index (χ3v) is 4.91. The lowest BCUT2D eigenvalue weighted by molar-refractivity contribution is -0.161. The quantitative estimate of drug-likeness (QED) is 0.812. The van der Waals surface area contributed by atoms with E-state index < -0.39 is 11.5 Å². The average Bonchev–Trinajstić information content (AvgIpc) is 3.10. The fourth-order valence-electron chi connectivity index (χ4n) is 3.46. The van der Waals surface area contributed by atoms with Crippen LogP contribution in [0.5, 0.6) is 0 Å². The Balaban J connectivity index is 1.69. The maximum absolute atomic E-state index is 13.0. The molecule has 0 radical (unpaired) electrons. The first kappa shape index (κ1) is 19.0. The number of ether oxygens (including phenoxy) is 1. The molecule has 1 atom stereocenters. The number of aliphatic carboxylic acids is 1. The number of amides is 1. The summed E-state index contributed by atoms with van der Waals surface area (Å²) in [6, 6.07) is 15.1. The Labute approximate surface area is 157 Å². The number of nitrogens with zero attached hydrogens (tertiary/aromatic N) is 1. The number of carbonyl (C=O) groups excluding carboxylic acids is 1. The number of benzene rings is 2. The van der Waals surface area contributed by atoms with Gasteiger partial charge in [0.2, 0.25) is 5.91 Å². The van der Waals surface area contributed by atoms with Gasteiger partial charge in [0.05, 0.1) is 19.6 Å².